The molecule has 1 amide bonds. The molecule has 2 rings (SSSR count). The second-order valence-corrected chi connectivity index (χ2v) is 5.10. The number of nitrogens with one attached hydrogen (secondary N) is 1. The first-order valence-electron chi connectivity index (χ1n) is 5.86. The highest BCUT2D eigenvalue weighted by Gasteiger charge is 2.14. The van der Waals surface area contributed by atoms with Crippen molar-refractivity contribution in [1.82, 2.24) is 0 Å². The lowest BCUT2D eigenvalue weighted by atomic mass is 10.1. The van der Waals surface area contributed by atoms with Crippen LogP contribution in [0.2, 0.25) is 0 Å². The molecule has 0 aliphatic rings. The minimum atomic E-state index is -0.448. The Morgan fingerprint density at radius 3 is 2.65 bits per heavy atom. The van der Waals surface area contributed by atoms with Crippen LogP contribution in [0.4, 0.5) is 11.4 Å². The first-order valence-corrected chi connectivity index (χ1v) is 6.74. The number of nitrogens with two attached hydrogens (primary N) is 1. The van der Waals surface area contributed by atoms with Gasteiger partial charge in [-0.15, -0.1) is 11.3 Å². The lowest BCUT2D eigenvalue weighted by molar-refractivity contribution is 0.0600. The lowest BCUT2D eigenvalue weighted by Gasteiger charge is -2.09. The molecule has 2 aromatic rings. The molecule has 3 N–H and O–H groups in total. The Bertz CT molecular complexity index is 664. The third-order valence-electron chi connectivity index (χ3n) is 2.81. The minimum absolute atomic E-state index is 0.289. The summed E-state index contributed by atoms with van der Waals surface area (Å²) in [6.07, 6.45) is 0. The van der Waals surface area contributed by atoms with Gasteiger partial charge in [0, 0.05) is 5.69 Å². The fourth-order valence-corrected chi connectivity index (χ4v) is 2.40. The fraction of sp³-hybridized carbons (Fsp3) is 0.143. The molecule has 0 bridgehead atoms. The lowest BCUT2D eigenvalue weighted by Crippen LogP contribution is -2.13. The maximum absolute atomic E-state index is 12.1. The molecule has 0 saturated carbocycles. The van der Waals surface area contributed by atoms with E-state index in [-0.39, 0.29) is 5.91 Å². The largest absolute Gasteiger partial charge is 0.465 e. The number of nitrogen functional groups attached to an aromatic ring is 1. The van der Waals surface area contributed by atoms with Gasteiger partial charge in [0.1, 0.15) is 4.88 Å². The molecular formula is C14H14N2O3S. The molecule has 1 aromatic heterocycles. The Kier molecular flexibility index (Phi) is 4.05. The molecular weight excluding hydrogens is 276 g/mol. The van der Waals surface area contributed by atoms with Gasteiger partial charge in [0.05, 0.1) is 18.4 Å². The summed E-state index contributed by atoms with van der Waals surface area (Å²) in [4.78, 5) is 24.0. The van der Waals surface area contributed by atoms with E-state index in [4.69, 9.17) is 5.73 Å². The van der Waals surface area contributed by atoms with Crippen molar-refractivity contribution in [3.8, 4) is 0 Å². The number of carbonyl (C=O) groups is 2. The van der Waals surface area contributed by atoms with Crippen LogP contribution in [-0.2, 0) is 4.74 Å². The van der Waals surface area contributed by atoms with E-state index >= 15 is 0 Å². The number of benzene rings is 1. The molecule has 5 nitrogen and oxygen atoms in total. The first kappa shape index (κ1) is 14.1. The standard InChI is InChI=1S/C14H14N2O3S/c1-8-3-4-9(14(18)19-2)7-11(8)16-13(17)12-10(15)5-6-20-12/h3-7H,15H2,1-2H3,(H,16,17). The molecule has 1 heterocycles. The Balaban J connectivity index is 2.27. The number of hydrogen-bond donors (Lipinski definition) is 2. The number of rotatable bonds is 3. The van der Waals surface area contributed by atoms with E-state index in [1.54, 1.807) is 29.6 Å². The molecule has 0 fully saturated rings. The summed E-state index contributed by atoms with van der Waals surface area (Å²) in [5, 5.41) is 4.51. The third kappa shape index (κ3) is 2.80. The van der Waals surface area contributed by atoms with Crippen molar-refractivity contribution in [3.63, 3.8) is 0 Å². The normalized spacial score (nSPS) is 10.1. The van der Waals surface area contributed by atoms with E-state index in [0.29, 0.717) is 21.8 Å². The van der Waals surface area contributed by atoms with Gasteiger partial charge in [-0.05, 0) is 36.1 Å². The van der Waals surface area contributed by atoms with Gasteiger partial charge >= 0.3 is 5.97 Å². The first-order chi connectivity index (χ1) is 9.52. The number of methoxy groups -OCH3 is 1. The van der Waals surface area contributed by atoms with Gasteiger partial charge in [-0.1, -0.05) is 6.07 Å². The summed E-state index contributed by atoms with van der Waals surface area (Å²) in [7, 11) is 1.31. The fourth-order valence-electron chi connectivity index (χ4n) is 1.68. The van der Waals surface area contributed by atoms with Crippen molar-refractivity contribution in [2.24, 2.45) is 0 Å². The number of amides is 1. The third-order valence-corrected chi connectivity index (χ3v) is 3.74. The number of ether oxygens (including phenoxy) is 1. The smallest absolute Gasteiger partial charge is 0.337 e. The predicted molar refractivity (Wildman–Crippen MR) is 79.2 cm³/mol. The highest BCUT2D eigenvalue weighted by molar-refractivity contribution is 7.12. The molecule has 6 heteroatoms. The van der Waals surface area contributed by atoms with E-state index in [1.807, 2.05) is 6.92 Å². The number of esters is 1. The summed E-state index contributed by atoms with van der Waals surface area (Å²) in [5.74, 6) is -0.737. The van der Waals surface area contributed by atoms with Crippen molar-refractivity contribution in [3.05, 3.63) is 45.6 Å². The van der Waals surface area contributed by atoms with E-state index < -0.39 is 5.97 Å². The average molecular weight is 290 g/mol. The monoisotopic (exact) mass is 290 g/mol. The van der Waals surface area contributed by atoms with E-state index in [1.165, 1.54) is 18.4 Å². The molecule has 0 unspecified atom stereocenters. The van der Waals surface area contributed by atoms with E-state index in [9.17, 15) is 9.59 Å². The second kappa shape index (κ2) is 5.75. The molecule has 20 heavy (non-hydrogen) atoms. The van der Waals surface area contributed by atoms with E-state index in [0.717, 1.165) is 5.56 Å². The maximum Gasteiger partial charge on any atom is 0.337 e. The summed E-state index contributed by atoms with van der Waals surface area (Å²) < 4.78 is 4.66. The van der Waals surface area contributed by atoms with Crippen LogP contribution in [0.1, 0.15) is 25.6 Å². The van der Waals surface area contributed by atoms with Crippen LogP contribution >= 0.6 is 11.3 Å². The Hall–Kier alpha value is -2.34. The number of thiophene rings is 1. The van der Waals surface area contributed by atoms with E-state index in [2.05, 4.69) is 10.1 Å². The topological polar surface area (TPSA) is 81.4 Å². The number of carbonyl (C=O) groups excluding carboxylic acids is 2. The van der Waals surface area contributed by atoms with Crippen LogP contribution in [0, 0.1) is 6.92 Å². The quantitative estimate of drug-likeness (QED) is 0.851. The zero-order valence-electron chi connectivity index (χ0n) is 11.1. The van der Waals surface area contributed by atoms with Gasteiger partial charge < -0.3 is 15.8 Å². The summed E-state index contributed by atoms with van der Waals surface area (Å²) >= 11 is 1.27. The van der Waals surface area contributed by atoms with Gasteiger partial charge in [0.15, 0.2) is 0 Å². The van der Waals surface area contributed by atoms with Crippen molar-refractivity contribution in [1.29, 1.82) is 0 Å². The molecule has 0 saturated heterocycles. The Morgan fingerprint density at radius 1 is 1.30 bits per heavy atom. The van der Waals surface area contributed by atoms with Gasteiger partial charge in [0.25, 0.3) is 5.91 Å². The number of anilines is 2. The molecule has 0 spiro atoms. The maximum atomic E-state index is 12.1. The summed E-state index contributed by atoms with van der Waals surface area (Å²) in [6.45, 7) is 1.84. The van der Waals surface area contributed by atoms with Crippen LogP contribution in [0.25, 0.3) is 0 Å². The molecule has 0 aliphatic carbocycles. The highest BCUT2D eigenvalue weighted by Crippen LogP contribution is 2.23. The van der Waals surface area contributed by atoms with Gasteiger partial charge in [-0.25, -0.2) is 4.79 Å². The molecule has 0 atom stereocenters. The SMILES string of the molecule is COC(=O)c1ccc(C)c(NC(=O)c2sccc2N)c1. The second-order valence-electron chi connectivity index (χ2n) is 4.18. The van der Waals surface area contributed by atoms with Crippen LogP contribution < -0.4 is 11.1 Å². The van der Waals surface area contributed by atoms with Gasteiger partial charge in [-0.3, -0.25) is 4.79 Å². The van der Waals surface area contributed by atoms with Gasteiger partial charge in [0.2, 0.25) is 0 Å². The molecule has 0 radical (unpaired) electrons. The van der Waals surface area contributed by atoms with Gasteiger partial charge in [-0.2, -0.15) is 0 Å². The van der Waals surface area contributed by atoms with Crippen molar-refractivity contribution < 1.29 is 14.3 Å². The molecule has 0 aliphatic heterocycles. The van der Waals surface area contributed by atoms with Crippen molar-refractivity contribution in [2.75, 3.05) is 18.2 Å². The Labute approximate surface area is 120 Å². The minimum Gasteiger partial charge on any atom is -0.465 e. The number of aryl methyl sites for hydroxylation is 1. The predicted octanol–water partition coefficient (Wildman–Crippen LogP) is 2.68. The van der Waals surface area contributed by atoms with Crippen LogP contribution in [-0.4, -0.2) is 19.0 Å². The van der Waals surface area contributed by atoms with Crippen molar-refractivity contribution in [2.45, 2.75) is 6.92 Å². The zero-order chi connectivity index (χ0) is 14.7. The summed E-state index contributed by atoms with van der Waals surface area (Å²) in [6, 6.07) is 6.66. The van der Waals surface area contributed by atoms with Crippen LogP contribution in [0.3, 0.4) is 0 Å². The summed E-state index contributed by atoms with van der Waals surface area (Å²) in [5.41, 5.74) is 7.94. The average Bonchev–Trinajstić information content (AvgIpc) is 2.86. The molecule has 1 aromatic carbocycles. The highest BCUT2D eigenvalue weighted by atomic mass is 32.1. The van der Waals surface area contributed by atoms with Crippen molar-refractivity contribution >= 4 is 34.6 Å². The van der Waals surface area contributed by atoms with Crippen LogP contribution in [0.5, 0.6) is 0 Å². The Morgan fingerprint density at radius 2 is 2.05 bits per heavy atom. The molecule has 104 valence electrons. The zero-order valence-corrected chi connectivity index (χ0v) is 11.9. The number of hydrogen-bond acceptors (Lipinski definition) is 5. The van der Waals surface area contributed by atoms with Crippen LogP contribution in [0.15, 0.2) is 29.6 Å².